The zero-order chi connectivity index (χ0) is 15.4. The zero-order valence-electron chi connectivity index (χ0n) is 10.4. The van der Waals surface area contributed by atoms with Crippen LogP contribution in [0.1, 0.15) is 5.69 Å². The van der Waals surface area contributed by atoms with Crippen molar-refractivity contribution < 1.29 is 10.1 Å². The first-order chi connectivity index (χ1) is 10.0. The number of benzene rings is 1. The third-order valence-corrected chi connectivity index (χ3v) is 3.90. The van der Waals surface area contributed by atoms with Crippen LogP contribution >= 0.6 is 27.7 Å². The summed E-state index contributed by atoms with van der Waals surface area (Å²) in [7, 11) is 0. The SMILES string of the molecule is N/C(=N/O)c1nc(Sc2ccc(Br)cc2)ccc1[N+](=O)[O-]. The first-order valence-corrected chi connectivity index (χ1v) is 7.19. The van der Waals surface area contributed by atoms with Gasteiger partial charge < -0.3 is 10.9 Å². The molecule has 0 amide bonds. The number of oxime groups is 1. The maximum absolute atomic E-state index is 10.9. The summed E-state index contributed by atoms with van der Waals surface area (Å²) in [6, 6.07) is 10.3. The molecule has 0 radical (unpaired) electrons. The van der Waals surface area contributed by atoms with Gasteiger partial charge in [0.15, 0.2) is 11.5 Å². The Morgan fingerprint density at radius 2 is 2.00 bits per heavy atom. The van der Waals surface area contributed by atoms with Gasteiger partial charge in [-0.1, -0.05) is 32.8 Å². The first kappa shape index (κ1) is 15.3. The van der Waals surface area contributed by atoms with Gasteiger partial charge in [-0.25, -0.2) is 4.98 Å². The molecule has 3 N–H and O–H groups in total. The fraction of sp³-hybridized carbons (Fsp3) is 0. The van der Waals surface area contributed by atoms with Gasteiger partial charge >= 0.3 is 0 Å². The molecule has 9 heteroatoms. The number of nitro groups is 1. The van der Waals surface area contributed by atoms with Gasteiger partial charge in [0.2, 0.25) is 0 Å². The van der Waals surface area contributed by atoms with Gasteiger partial charge in [-0.05, 0) is 30.3 Å². The van der Waals surface area contributed by atoms with E-state index in [2.05, 4.69) is 26.1 Å². The van der Waals surface area contributed by atoms with Crippen molar-refractivity contribution in [3.05, 3.63) is 56.7 Å². The Kier molecular flexibility index (Phi) is 4.76. The van der Waals surface area contributed by atoms with Crippen molar-refractivity contribution in [3.63, 3.8) is 0 Å². The summed E-state index contributed by atoms with van der Waals surface area (Å²) in [6.07, 6.45) is 0. The minimum absolute atomic E-state index is 0.162. The Hall–Kier alpha value is -2.13. The van der Waals surface area contributed by atoms with Gasteiger partial charge in [-0.15, -0.1) is 0 Å². The maximum atomic E-state index is 10.9. The molecule has 2 rings (SSSR count). The van der Waals surface area contributed by atoms with Crippen LogP contribution in [0.3, 0.4) is 0 Å². The highest BCUT2D eigenvalue weighted by Gasteiger charge is 2.20. The number of hydrogen-bond acceptors (Lipinski definition) is 6. The number of pyridine rings is 1. The number of hydrogen-bond donors (Lipinski definition) is 2. The van der Waals surface area contributed by atoms with E-state index < -0.39 is 10.8 Å². The Labute approximate surface area is 132 Å². The third-order valence-electron chi connectivity index (χ3n) is 2.43. The molecule has 21 heavy (non-hydrogen) atoms. The molecule has 0 atom stereocenters. The lowest BCUT2D eigenvalue weighted by molar-refractivity contribution is -0.385. The van der Waals surface area contributed by atoms with E-state index in [1.807, 2.05) is 24.3 Å². The fourth-order valence-electron chi connectivity index (χ4n) is 1.50. The highest BCUT2D eigenvalue weighted by atomic mass is 79.9. The molecule has 0 saturated carbocycles. The van der Waals surface area contributed by atoms with E-state index >= 15 is 0 Å². The lowest BCUT2D eigenvalue weighted by Crippen LogP contribution is -2.17. The number of nitrogens with two attached hydrogens (primary N) is 1. The summed E-state index contributed by atoms with van der Waals surface area (Å²) in [5.74, 6) is -0.403. The topological polar surface area (TPSA) is 115 Å². The lowest BCUT2D eigenvalue weighted by Gasteiger charge is -2.04. The molecule has 0 bridgehead atoms. The summed E-state index contributed by atoms with van der Waals surface area (Å²) >= 11 is 4.65. The molecule has 0 aliphatic rings. The van der Waals surface area contributed by atoms with E-state index in [0.717, 1.165) is 9.37 Å². The molecular formula is C12H9BrN4O3S. The molecule has 0 aliphatic heterocycles. The van der Waals surface area contributed by atoms with Gasteiger partial charge in [-0.3, -0.25) is 10.1 Å². The average Bonchev–Trinajstić information content (AvgIpc) is 2.48. The van der Waals surface area contributed by atoms with Crippen LogP contribution in [0.2, 0.25) is 0 Å². The van der Waals surface area contributed by atoms with E-state index in [1.165, 1.54) is 23.9 Å². The van der Waals surface area contributed by atoms with Crippen LogP contribution < -0.4 is 5.73 Å². The largest absolute Gasteiger partial charge is 0.409 e. The Balaban J connectivity index is 2.37. The van der Waals surface area contributed by atoms with Crippen molar-refractivity contribution in [2.24, 2.45) is 10.9 Å². The number of amidine groups is 1. The van der Waals surface area contributed by atoms with Crippen molar-refractivity contribution >= 4 is 39.2 Å². The van der Waals surface area contributed by atoms with Gasteiger partial charge in [0.05, 0.1) is 4.92 Å². The van der Waals surface area contributed by atoms with Gasteiger partial charge in [-0.2, -0.15) is 0 Å². The van der Waals surface area contributed by atoms with Crippen LogP contribution in [0.15, 0.2) is 55.9 Å². The van der Waals surface area contributed by atoms with Crippen LogP contribution in [0, 0.1) is 10.1 Å². The van der Waals surface area contributed by atoms with Crippen molar-refractivity contribution in [1.82, 2.24) is 4.98 Å². The number of halogens is 1. The highest BCUT2D eigenvalue weighted by molar-refractivity contribution is 9.10. The Morgan fingerprint density at radius 3 is 2.57 bits per heavy atom. The zero-order valence-corrected chi connectivity index (χ0v) is 12.8. The number of aromatic nitrogens is 1. The number of nitrogens with zero attached hydrogens (tertiary/aromatic N) is 3. The second-order valence-electron chi connectivity index (χ2n) is 3.82. The molecule has 0 fully saturated rings. The highest BCUT2D eigenvalue weighted by Crippen LogP contribution is 2.29. The average molecular weight is 369 g/mol. The molecule has 2 aromatic rings. The molecule has 7 nitrogen and oxygen atoms in total. The van der Waals surface area contributed by atoms with Crippen molar-refractivity contribution in [1.29, 1.82) is 0 Å². The summed E-state index contributed by atoms with van der Waals surface area (Å²) in [4.78, 5) is 15.3. The molecule has 1 aromatic heterocycles. The van der Waals surface area contributed by atoms with Crippen molar-refractivity contribution in [3.8, 4) is 0 Å². The van der Waals surface area contributed by atoms with E-state index in [9.17, 15) is 10.1 Å². The standard InChI is InChI=1S/C12H9BrN4O3S/c13-7-1-3-8(4-2-7)21-10-6-5-9(17(19)20)11(15-10)12(14)16-18/h1-6,18H,(H2,14,16). The van der Waals surface area contributed by atoms with Gasteiger partial charge in [0, 0.05) is 15.4 Å². The molecule has 1 aromatic carbocycles. The van der Waals surface area contributed by atoms with E-state index in [0.29, 0.717) is 5.03 Å². The minimum atomic E-state index is -0.631. The monoisotopic (exact) mass is 368 g/mol. The Morgan fingerprint density at radius 1 is 1.33 bits per heavy atom. The Bertz CT molecular complexity index is 706. The normalized spacial score (nSPS) is 11.4. The van der Waals surface area contributed by atoms with Crippen LogP contribution in [-0.2, 0) is 0 Å². The molecule has 1 heterocycles. The predicted octanol–water partition coefficient (Wildman–Crippen LogP) is 3.00. The maximum Gasteiger partial charge on any atom is 0.298 e. The molecule has 0 saturated heterocycles. The number of rotatable bonds is 4. The lowest BCUT2D eigenvalue weighted by atomic mass is 10.3. The second kappa shape index (κ2) is 6.55. The van der Waals surface area contributed by atoms with Gasteiger partial charge in [0.1, 0.15) is 5.03 Å². The van der Waals surface area contributed by atoms with Crippen LogP contribution in [0.4, 0.5) is 5.69 Å². The molecule has 108 valence electrons. The summed E-state index contributed by atoms with van der Waals surface area (Å²) in [5, 5.41) is 22.9. The molecule has 0 unspecified atom stereocenters. The van der Waals surface area contributed by atoms with Crippen LogP contribution in [0.25, 0.3) is 0 Å². The third kappa shape index (κ3) is 3.70. The smallest absolute Gasteiger partial charge is 0.298 e. The minimum Gasteiger partial charge on any atom is -0.409 e. The molecule has 0 spiro atoms. The van der Waals surface area contributed by atoms with E-state index in [1.54, 1.807) is 0 Å². The van der Waals surface area contributed by atoms with Crippen LogP contribution in [0.5, 0.6) is 0 Å². The summed E-state index contributed by atoms with van der Waals surface area (Å²) in [5.41, 5.74) is 4.96. The first-order valence-electron chi connectivity index (χ1n) is 5.58. The predicted molar refractivity (Wildman–Crippen MR) is 81.7 cm³/mol. The second-order valence-corrected chi connectivity index (χ2v) is 5.83. The van der Waals surface area contributed by atoms with Crippen LogP contribution in [-0.4, -0.2) is 21.0 Å². The van der Waals surface area contributed by atoms with Gasteiger partial charge in [0.25, 0.3) is 5.69 Å². The quantitative estimate of drug-likeness (QED) is 0.282. The molecule has 0 aliphatic carbocycles. The summed E-state index contributed by atoms with van der Waals surface area (Å²) < 4.78 is 0.945. The van der Waals surface area contributed by atoms with E-state index in [-0.39, 0.29) is 11.4 Å². The molecular weight excluding hydrogens is 360 g/mol. The van der Waals surface area contributed by atoms with E-state index in [4.69, 9.17) is 10.9 Å². The van der Waals surface area contributed by atoms with Crippen molar-refractivity contribution in [2.75, 3.05) is 0 Å². The summed E-state index contributed by atoms with van der Waals surface area (Å²) in [6.45, 7) is 0. The fourth-order valence-corrected chi connectivity index (χ4v) is 2.55. The van der Waals surface area contributed by atoms with Crippen molar-refractivity contribution in [2.45, 2.75) is 9.92 Å².